The molecule has 0 unspecified atom stereocenters. The summed E-state index contributed by atoms with van der Waals surface area (Å²) in [5.41, 5.74) is 18.2. The molecule has 1 spiro atoms. The van der Waals surface area contributed by atoms with Crippen molar-refractivity contribution in [3.63, 3.8) is 0 Å². The van der Waals surface area contributed by atoms with E-state index >= 15 is 0 Å². The van der Waals surface area contributed by atoms with Gasteiger partial charge in [-0.3, -0.25) is 0 Å². The molecule has 2 aromatic heterocycles. The average molecular weight is 789 g/mol. The molecule has 13 rings (SSSR count). The number of fused-ring (bicyclic) bond motifs is 12. The molecule has 0 fully saturated rings. The fourth-order valence-electron chi connectivity index (χ4n) is 10.4. The standard InChI is InChI=1S/C58H36N4/c1-3-14-37(15-4-1)38-26-28-39(29-27-38)40-30-32-42(33-31-40)56-59-55(41-16-5-2-6-17-41)60-57(61-56)43-34-35-50-53(36-43)62-52-25-12-9-20-46(52)47-21-13-24-51(54(47)62)58(50)48-22-10-7-18-44(48)45-19-8-11-23-49(45)58/h1-36H. The summed E-state index contributed by atoms with van der Waals surface area (Å²) in [5.74, 6) is 1.90. The van der Waals surface area contributed by atoms with Crippen LogP contribution in [0.4, 0.5) is 0 Å². The van der Waals surface area contributed by atoms with E-state index in [4.69, 9.17) is 15.0 Å². The van der Waals surface area contributed by atoms with E-state index in [-0.39, 0.29) is 0 Å². The van der Waals surface area contributed by atoms with Gasteiger partial charge in [0.25, 0.3) is 0 Å². The van der Waals surface area contributed by atoms with E-state index in [1.807, 2.05) is 24.3 Å². The Morgan fingerprint density at radius 2 is 0.742 bits per heavy atom. The van der Waals surface area contributed by atoms with Crippen LogP contribution in [0.15, 0.2) is 218 Å². The normalized spacial score (nSPS) is 13.0. The highest BCUT2D eigenvalue weighted by molar-refractivity contribution is 6.13. The first-order valence-corrected chi connectivity index (χ1v) is 21.2. The second-order valence-corrected chi connectivity index (χ2v) is 16.3. The van der Waals surface area contributed by atoms with Crippen LogP contribution in [0.2, 0.25) is 0 Å². The van der Waals surface area contributed by atoms with Gasteiger partial charge in [-0.25, -0.2) is 15.0 Å². The van der Waals surface area contributed by atoms with Crippen molar-refractivity contribution in [3.8, 4) is 73.2 Å². The monoisotopic (exact) mass is 788 g/mol. The Balaban J connectivity index is 1.00. The molecule has 3 heterocycles. The van der Waals surface area contributed by atoms with Crippen LogP contribution in [-0.2, 0) is 5.41 Å². The average Bonchev–Trinajstić information content (AvgIpc) is 3.85. The molecule has 1 aliphatic heterocycles. The number of hydrogen-bond donors (Lipinski definition) is 0. The number of benzene rings is 9. The lowest BCUT2D eigenvalue weighted by Gasteiger charge is -2.39. The van der Waals surface area contributed by atoms with Crippen LogP contribution in [0.5, 0.6) is 0 Å². The Bertz CT molecular complexity index is 3510. The van der Waals surface area contributed by atoms with Crippen LogP contribution in [-0.4, -0.2) is 19.5 Å². The Hall–Kier alpha value is -8.21. The minimum Gasteiger partial charge on any atom is -0.309 e. The van der Waals surface area contributed by atoms with Crippen LogP contribution in [0.25, 0.3) is 95.0 Å². The lowest BCUT2D eigenvalue weighted by atomic mass is 9.65. The summed E-state index contributed by atoms with van der Waals surface area (Å²) in [7, 11) is 0. The van der Waals surface area contributed by atoms with Gasteiger partial charge in [0.1, 0.15) is 0 Å². The van der Waals surface area contributed by atoms with E-state index in [0.717, 1.165) is 33.5 Å². The number of para-hydroxylation sites is 2. The molecule has 0 radical (unpaired) electrons. The fraction of sp³-hybridized carbons (Fsp3) is 0.0172. The van der Waals surface area contributed by atoms with E-state index in [1.165, 1.54) is 66.3 Å². The molecule has 1 aliphatic carbocycles. The van der Waals surface area contributed by atoms with Crippen molar-refractivity contribution in [1.29, 1.82) is 0 Å². The Morgan fingerprint density at radius 3 is 1.37 bits per heavy atom. The highest BCUT2D eigenvalue weighted by atomic mass is 15.0. The Kier molecular flexibility index (Phi) is 7.49. The van der Waals surface area contributed by atoms with Crippen LogP contribution < -0.4 is 0 Å². The molecule has 2 aliphatic rings. The topological polar surface area (TPSA) is 43.6 Å². The minimum atomic E-state index is -0.520. The second-order valence-electron chi connectivity index (χ2n) is 16.3. The molecule has 0 saturated carbocycles. The number of nitrogens with zero attached hydrogens (tertiary/aromatic N) is 4. The van der Waals surface area contributed by atoms with Gasteiger partial charge in [0.15, 0.2) is 17.5 Å². The van der Waals surface area contributed by atoms with Gasteiger partial charge >= 0.3 is 0 Å². The zero-order valence-electron chi connectivity index (χ0n) is 33.6. The molecule has 11 aromatic rings. The van der Waals surface area contributed by atoms with Gasteiger partial charge in [-0.1, -0.05) is 206 Å². The molecule has 4 nitrogen and oxygen atoms in total. The van der Waals surface area contributed by atoms with Crippen molar-refractivity contribution < 1.29 is 0 Å². The van der Waals surface area contributed by atoms with E-state index in [9.17, 15) is 0 Å². The van der Waals surface area contributed by atoms with Crippen molar-refractivity contribution in [2.75, 3.05) is 0 Å². The molecular weight excluding hydrogens is 753 g/mol. The van der Waals surface area contributed by atoms with Gasteiger partial charge in [-0.05, 0) is 67.8 Å². The Labute approximate surface area is 359 Å². The molecule has 0 amide bonds. The van der Waals surface area contributed by atoms with E-state index in [1.54, 1.807) is 0 Å². The lowest BCUT2D eigenvalue weighted by Crippen LogP contribution is -2.33. The first-order valence-electron chi connectivity index (χ1n) is 21.2. The summed E-state index contributed by atoms with van der Waals surface area (Å²) >= 11 is 0. The first kappa shape index (κ1) is 34.6. The van der Waals surface area contributed by atoms with Gasteiger partial charge in [0.2, 0.25) is 0 Å². The van der Waals surface area contributed by atoms with Crippen LogP contribution in [0, 0.1) is 0 Å². The SMILES string of the molecule is c1ccc(-c2ccc(-c3ccc(-c4nc(-c5ccccc5)nc(-c5ccc6c(c5)-n5c7ccccc7c7cccc(c75)C65c6ccccc6-c6ccccc65)n4)cc3)cc2)cc1. The predicted octanol–water partition coefficient (Wildman–Crippen LogP) is 14.0. The third-order valence-electron chi connectivity index (χ3n) is 13.1. The van der Waals surface area contributed by atoms with Gasteiger partial charge in [-0.15, -0.1) is 0 Å². The molecule has 9 aromatic carbocycles. The van der Waals surface area contributed by atoms with Gasteiger partial charge < -0.3 is 4.57 Å². The predicted molar refractivity (Wildman–Crippen MR) is 252 cm³/mol. The smallest absolute Gasteiger partial charge is 0.164 e. The third kappa shape index (κ3) is 4.98. The van der Waals surface area contributed by atoms with Crippen molar-refractivity contribution in [3.05, 3.63) is 241 Å². The highest BCUT2D eigenvalue weighted by Gasteiger charge is 2.50. The molecule has 0 saturated heterocycles. The Morgan fingerprint density at radius 1 is 0.306 bits per heavy atom. The fourth-order valence-corrected chi connectivity index (χ4v) is 10.4. The molecular formula is C58H36N4. The van der Waals surface area contributed by atoms with Gasteiger partial charge in [0.05, 0.1) is 22.1 Å². The summed E-state index contributed by atoms with van der Waals surface area (Å²) in [6.45, 7) is 0. The summed E-state index contributed by atoms with van der Waals surface area (Å²) < 4.78 is 2.49. The largest absolute Gasteiger partial charge is 0.309 e. The van der Waals surface area contributed by atoms with Crippen LogP contribution in [0.1, 0.15) is 22.3 Å². The number of rotatable bonds is 5. The third-order valence-corrected chi connectivity index (χ3v) is 13.1. The summed E-state index contributed by atoms with van der Waals surface area (Å²) in [5, 5.41) is 2.49. The summed E-state index contributed by atoms with van der Waals surface area (Å²) in [6.07, 6.45) is 0. The van der Waals surface area contributed by atoms with Crippen molar-refractivity contribution in [2.24, 2.45) is 0 Å². The lowest BCUT2D eigenvalue weighted by molar-refractivity contribution is 0.748. The maximum atomic E-state index is 5.27. The van der Waals surface area contributed by atoms with Gasteiger partial charge in [0, 0.05) is 27.5 Å². The van der Waals surface area contributed by atoms with Crippen molar-refractivity contribution in [2.45, 2.75) is 5.41 Å². The molecule has 62 heavy (non-hydrogen) atoms. The van der Waals surface area contributed by atoms with E-state index in [2.05, 4.69) is 199 Å². The highest BCUT2D eigenvalue weighted by Crippen LogP contribution is 2.61. The van der Waals surface area contributed by atoms with Crippen molar-refractivity contribution >= 4 is 21.8 Å². The van der Waals surface area contributed by atoms with E-state index < -0.39 is 5.41 Å². The summed E-state index contributed by atoms with van der Waals surface area (Å²) in [6, 6.07) is 78.5. The maximum Gasteiger partial charge on any atom is 0.164 e. The minimum absolute atomic E-state index is 0.520. The van der Waals surface area contributed by atoms with Crippen LogP contribution in [0.3, 0.4) is 0 Å². The quantitative estimate of drug-likeness (QED) is 0.174. The zero-order valence-corrected chi connectivity index (χ0v) is 33.6. The first-order chi connectivity index (χ1) is 30.7. The summed E-state index contributed by atoms with van der Waals surface area (Å²) in [4.78, 5) is 15.6. The number of hydrogen-bond acceptors (Lipinski definition) is 3. The molecule has 0 bridgehead atoms. The molecule has 4 heteroatoms. The maximum absolute atomic E-state index is 5.27. The van der Waals surface area contributed by atoms with Crippen molar-refractivity contribution in [1.82, 2.24) is 19.5 Å². The molecule has 0 atom stereocenters. The zero-order chi connectivity index (χ0) is 40.8. The molecule has 288 valence electrons. The van der Waals surface area contributed by atoms with Gasteiger partial charge in [-0.2, -0.15) is 0 Å². The molecule has 0 N–H and O–H groups in total. The number of aromatic nitrogens is 4. The van der Waals surface area contributed by atoms with E-state index in [0.29, 0.717) is 17.5 Å². The van der Waals surface area contributed by atoms with Crippen LogP contribution >= 0.6 is 0 Å². The second kappa shape index (κ2) is 13.4.